The number of carbonyl (C=O) groups excluding carboxylic acids is 2. The van der Waals surface area contributed by atoms with E-state index in [1.807, 2.05) is 0 Å². The van der Waals surface area contributed by atoms with Gasteiger partial charge in [-0.05, 0) is 12.8 Å². The van der Waals surface area contributed by atoms with Crippen molar-refractivity contribution >= 4 is 22.1 Å². The average Bonchev–Trinajstić information content (AvgIpc) is 2.64. The van der Waals surface area contributed by atoms with Crippen molar-refractivity contribution in [3.05, 3.63) is 0 Å². The maximum Gasteiger partial charge on any atom is 0.322 e. The van der Waals surface area contributed by atoms with Gasteiger partial charge in [0.05, 0.1) is 6.61 Å². The monoisotopic (exact) mass is 306 g/mol. The number of nitrogens with one attached hydrogen (secondary N) is 3. The van der Waals surface area contributed by atoms with E-state index in [1.54, 1.807) is 0 Å². The van der Waals surface area contributed by atoms with Crippen LogP contribution < -0.4 is 15.4 Å². The summed E-state index contributed by atoms with van der Waals surface area (Å²) in [6, 6.07) is -0.582. The van der Waals surface area contributed by atoms with Gasteiger partial charge in [-0.3, -0.25) is 10.1 Å². The molecule has 1 spiro atoms. The molecule has 1 atom stereocenters. The first-order chi connectivity index (χ1) is 9.39. The molecule has 2 heterocycles. The maximum absolute atomic E-state index is 12.1. The first kappa shape index (κ1) is 15.2. The fourth-order valence-electron chi connectivity index (χ4n) is 2.40. The zero-order valence-electron chi connectivity index (χ0n) is 11.1. The summed E-state index contributed by atoms with van der Waals surface area (Å²) < 4.78 is 32.6. The summed E-state index contributed by atoms with van der Waals surface area (Å²) in [5.74, 6) is -0.473. The highest BCUT2D eigenvalue weighted by Gasteiger charge is 2.50. The molecular formula is C10H18N4O5S. The van der Waals surface area contributed by atoms with E-state index in [-0.39, 0.29) is 19.7 Å². The smallest absolute Gasteiger partial charge is 0.322 e. The molecule has 9 nitrogen and oxygen atoms in total. The van der Waals surface area contributed by atoms with Crippen LogP contribution in [-0.4, -0.2) is 63.6 Å². The quantitative estimate of drug-likeness (QED) is 0.407. The minimum atomic E-state index is -3.69. The lowest BCUT2D eigenvalue weighted by molar-refractivity contribution is -0.125. The zero-order valence-corrected chi connectivity index (χ0v) is 12.0. The van der Waals surface area contributed by atoms with Crippen molar-refractivity contribution in [3.63, 3.8) is 0 Å². The van der Waals surface area contributed by atoms with Crippen molar-refractivity contribution in [2.45, 2.75) is 18.4 Å². The van der Waals surface area contributed by atoms with Gasteiger partial charge in [0.1, 0.15) is 5.54 Å². The van der Waals surface area contributed by atoms with Gasteiger partial charge in [-0.2, -0.15) is 17.4 Å². The summed E-state index contributed by atoms with van der Waals surface area (Å²) >= 11 is 0. The molecule has 2 rings (SSSR count). The molecule has 3 N–H and O–H groups in total. The van der Waals surface area contributed by atoms with Gasteiger partial charge in [0.2, 0.25) is 0 Å². The number of imide groups is 1. The van der Waals surface area contributed by atoms with E-state index < -0.39 is 27.7 Å². The molecule has 0 radical (unpaired) electrons. The number of ether oxygens (including phenoxy) is 1. The Morgan fingerprint density at radius 2 is 2.20 bits per heavy atom. The minimum absolute atomic E-state index is 0.0626. The van der Waals surface area contributed by atoms with Crippen LogP contribution >= 0.6 is 0 Å². The Balaban J connectivity index is 2.07. The normalized spacial score (nSPS) is 27.6. The van der Waals surface area contributed by atoms with Crippen LogP contribution in [0.3, 0.4) is 0 Å². The zero-order chi connectivity index (χ0) is 14.8. The van der Waals surface area contributed by atoms with E-state index in [0.29, 0.717) is 19.4 Å². The lowest BCUT2D eigenvalue weighted by atomic mass is 9.90. The number of rotatable bonds is 5. The summed E-state index contributed by atoms with van der Waals surface area (Å²) in [4.78, 5) is 23.1. The van der Waals surface area contributed by atoms with Crippen LogP contribution in [-0.2, 0) is 19.7 Å². The molecule has 2 aliphatic heterocycles. The van der Waals surface area contributed by atoms with Gasteiger partial charge >= 0.3 is 6.03 Å². The second-order valence-corrected chi connectivity index (χ2v) is 6.57. The molecule has 0 aromatic rings. The fourth-order valence-corrected chi connectivity index (χ4v) is 3.68. The number of hydrogen-bond acceptors (Lipinski definition) is 5. The van der Waals surface area contributed by atoms with E-state index in [1.165, 1.54) is 11.4 Å². The molecule has 0 aliphatic carbocycles. The van der Waals surface area contributed by atoms with E-state index in [0.717, 1.165) is 0 Å². The number of nitrogens with zero attached hydrogens (tertiary/aromatic N) is 1. The van der Waals surface area contributed by atoms with Crippen molar-refractivity contribution in [3.8, 4) is 0 Å². The van der Waals surface area contributed by atoms with E-state index in [9.17, 15) is 18.0 Å². The molecule has 3 amide bonds. The van der Waals surface area contributed by atoms with E-state index >= 15 is 0 Å². The first-order valence-corrected chi connectivity index (χ1v) is 7.71. The number of hydrogen-bond donors (Lipinski definition) is 3. The maximum atomic E-state index is 12.1. The Bertz CT molecular complexity index is 508. The third-order valence-electron chi connectivity index (χ3n) is 3.40. The topological polar surface area (TPSA) is 117 Å². The number of carbonyl (C=O) groups is 2. The summed E-state index contributed by atoms with van der Waals surface area (Å²) in [7, 11) is -2.21. The van der Waals surface area contributed by atoms with Crippen LogP contribution in [0.2, 0.25) is 0 Å². The lowest BCUT2D eigenvalue weighted by Gasteiger charge is -2.37. The molecule has 0 saturated carbocycles. The lowest BCUT2D eigenvalue weighted by Crippen LogP contribution is -2.61. The molecule has 0 aromatic heterocycles. The van der Waals surface area contributed by atoms with Crippen LogP contribution in [0, 0.1) is 0 Å². The molecule has 1 unspecified atom stereocenters. The van der Waals surface area contributed by atoms with E-state index in [2.05, 4.69) is 15.4 Å². The molecule has 2 aliphatic rings. The van der Waals surface area contributed by atoms with Gasteiger partial charge in [-0.25, -0.2) is 4.79 Å². The highest BCUT2D eigenvalue weighted by Crippen LogP contribution is 2.25. The molecule has 114 valence electrons. The highest BCUT2D eigenvalue weighted by atomic mass is 32.2. The highest BCUT2D eigenvalue weighted by molar-refractivity contribution is 7.87. The second kappa shape index (κ2) is 5.64. The predicted octanol–water partition coefficient (Wildman–Crippen LogP) is -1.86. The van der Waals surface area contributed by atoms with Gasteiger partial charge in [0, 0.05) is 26.7 Å². The molecule has 0 bridgehead atoms. The predicted molar refractivity (Wildman–Crippen MR) is 69.0 cm³/mol. The average molecular weight is 306 g/mol. The second-order valence-electron chi connectivity index (χ2n) is 4.82. The summed E-state index contributed by atoms with van der Waals surface area (Å²) in [6.07, 6.45) is 0.924. The summed E-state index contributed by atoms with van der Waals surface area (Å²) in [6.45, 7) is 0.663. The van der Waals surface area contributed by atoms with Gasteiger partial charge in [-0.15, -0.1) is 0 Å². The Morgan fingerprint density at radius 1 is 1.45 bits per heavy atom. The van der Waals surface area contributed by atoms with Crippen molar-refractivity contribution in [2.24, 2.45) is 0 Å². The Labute approximate surface area is 117 Å². The van der Waals surface area contributed by atoms with Crippen LogP contribution in [0.15, 0.2) is 0 Å². The van der Waals surface area contributed by atoms with Gasteiger partial charge in [0.15, 0.2) is 0 Å². The van der Waals surface area contributed by atoms with Crippen LogP contribution in [0.25, 0.3) is 0 Å². The third-order valence-corrected chi connectivity index (χ3v) is 4.96. The van der Waals surface area contributed by atoms with Crippen molar-refractivity contribution in [1.82, 2.24) is 19.7 Å². The molecule has 10 heteroatoms. The largest absolute Gasteiger partial charge is 0.383 e. The van der Waals surface area contributed by atoms with Crippen molar-refractivity contribution in [2.75, 3.05) is 33.4 Å². The minimum Gasteiger partial charge on any atom is -0.383 e. The molecule has 0 aromatic carbocycles. The standard InChI is InChI=1S/C10H18N4O5S/c1-19-6-4-11-20(17,18)14-5-2-3-10(7-14)8(15)12-9(16)13-10/h11H,2-7H2,1H3,(H2,12,13,15,16). The summed E-state index contributed by atoms with van der Waals surface area (Å²) in [5, 5.41) is 4.68. The van der Waals surface area contributed by atoms with Gasteiger partial charge < -0.3 is 10.1 Å². The Hall–Kier alpha value is -1.23. The van der Waals surface area contributed by atoms with Crippen LogP contribution in [0.1, 0.15) is 12.8 Å². The third kappa shape index (κ3) is 2.92. The molecule has 2 saturated heterocycles. The van der Waals surface area contributed by atoms with Gasteiger partial charge in [-0.1, -0.05) is 0 Å². The molecule has 20 heavy (non-hydrogen) atoms. The number of urea groups is 1. The molecule has 2 fully saturated rings. The number of piperidine rings is 1. The fraction of sp³-hybridized carbons (Fsp3) is 0.800. The SMILES string of the molecule is COCCNS(=O)(=O)N1CCCC2(C1)NC(=O)NC2=O. The summed E-state index contributed by atoms with van der Waals surface area (Å²) in [5.41, 5.74) is -1.15. The Morgan fingerprint density at radius 3 is 2.80 bits per heavy atom. The van der Waals surface area contributed by atoms with Crippen LogP contribution in [0.5, 0.6) is 0 Å². The number of methoxy groups -OCH3 is 1. The van der Waals surface area contributed by atoms with Crippen LogP contribution in [0.4, 0.5) is 4.79 Å². The van der Waals surface area contributed by atoms with Gasteiger partial charge in [0.25, 0.3) is 16.1 Å². The Kier molecular flexibility index (Phi) is 4.28. The first-order valence-electron chi connectivity index (χ1n) is 6.27. The number of amides is 3. The van der Waals surface area contributed by atoms with E-state index in [4.69, 9.17) is 4.74 Å². The van der Waals surface area contributed by atoms with Crippen molar-refractivity contribution < 1.29 is 22.7 Å². The molecular weight excluding hydrogens is 288 g/mol. The van der Waals surface area contributed by atoms with Crippen molar-refractivity contribution in [1.29, 1.82) is 0 Å².